The molecular formula is C12H15N5O2. The van der Waals surface area contributed by atoms with Crippen LogP contribution in [0.15, 0.2) is 18.2 Å². The van der Waals surface area contributed by atoms with E-state index < -0.39 is 0 Å². The molecule has 7 nitrogen and oxygen atoms in total. The molecule has 7 heteroatoms. The Balaban J connectivity index is 1.79. The van der Waals surface area contributed by atoms with Crippen LogP contribution in [0, 0.1) is 0 Å². The Morgan fingerprint density at radius 1 is 1.37 bits per heavy atom. The Bertz CT molecular complexity index is 583. The van der Waals surface area contributed by atoms with Crippen molar-refractivity contribution in [2.24, 2.45) is 0 Å². The molecule has 0 aliphatic carbocycles. The molecule has 0 radical (unpaired) electrons. The van der Waals surface area contributed by atoms with Crippen LogP contribution in [0.4, 0.5) is 11.9 Å². The summed E-state index contributed by atoms with van der Waals surface area (Å²) in [5.41, 5.74) is 1.06. The molecule has 0 spiro atoms. The lowest BCUT2D eigenvalue weighted by Gasteiger charge is -2.16. The van der Waals surface area contributed by atoms with E-state index in [2.05, 4.69) is 20.5 Å². The number of aromatic nitrogens is 3. The largest absolute Gasteiger partial charge is 0.454 e. The van der Waals surface area contributed by atoms with E-state index in [0.29, 0.717) is 18.4 Å². The second kappa shape index (κ2) is 4.68. The van der Waals surface area contributed by atoms with E-state index in [9.17, 15) is 0 Å². The lowest BCUT2D eigenvalue weighted by atomic mass is 10.2. The maximum absolute atomic E-state index is 5.49. The van der Waals surface area contributed by atoms with Crippen molar-refractivity contribution in [1.29, 1.82) is 0 Å². The molecule has 2 N–H and O–H groups in total. The number of benzene rings is 1. The second-order valence-electron chi connectivity index (χ2n) is 4.25. The molecule has 3 rings (SSSR count). The molecule has 0 amide bonds. The minimum atomic E-state index is 0.280. The lowest BCUT2D eigenvalue weighted by molar-refractivity contribution is 0.173. The fraction of sp³-hybridized carbons (Fsp3) is 0.333. The van der Waals surface area contributed by atoms with Gasteiger partial charge in [-0.1, -0.05) is 12.1 Å². The molecule has 0 fully saturated rings. The topological polar surface area (TPSA) is 75.3 Å². The first-order valence-corrected chi connectivity index (χ1v) is 5.97. The van der Waals surface area contributed by atoms with Crippen LogP contribution < -0.4 is 19.7 Å². The van der Waals surface area contributed by atoms with E-state index in [-0.39, 0.29) is 6.79 Å². The number of anilines is 2. The molecule has 0 saturated carbocycles. The molecule has 100 valence electrons. The summed E-state index contributed by atoms with van der Waals surface area (Å²) in [7, 11) is 3.73. The number of nitrogens with zero attached hydrogens (tertiary/aromatic N) is 3. The number of fused-ring (bicyclic) bond motifs is 1. The first-order valence-electron chi connectivity index (χ1n) is 5.97. The summed E-state index contributed by atoms with van der Waals surface area (Å²) >= 11 is 0. The van der Waals surface area contributed by atoms with Gasteiger partial charge in [0, 0.05) is 26.2 Å². The maximum atomic E-state index is 5.49. The Morgan fingerprint density at radius 3 is 3.05 bits per heavy atom. The summed E-state index contributed by atoms with van der Waals surface area (Å²) in [6.07, 6.45) is 0. The van der Waals surface area contributed by atoms with Crippen LogP contribution in [0.1, 0.15) is 5.56 Å². The predicted molar refractivity (Wildman–Crippen MR) is 70.6 cm³/mol. The Morgan fingerprint density at radius 2 is 2.26 bits per heavy atom. The third-order valence-corrected chi connectivity index (χ3v) is 2.96. The van der Waals surface area contributed by atoms with Crippen molar-refractivity contribution in [3.05, 3.63) is 23.8 Å². The summed E-state index contributed by atoms with van der Waals surface area (Å²) in [6, 6.07) is 5.87. The number of H-pyrrole nitrogens is 1. The van der Waals surface area contributed by atoms with Gasteiger partial charge in [0.25, 0.3) is 0 Å². The standard InChI is InChI=1S/C12H15N5O2/c1-13-11-14-12(16-15-11)17(2)6-8-4-3-5-9-10(8)19-7-18-9/h3-5H,6-7H2,1-2H3,(H2,13,14,15,16). The monoisotopic (exact) mass is 261 g/mol. The minimum Gasteiger partial charge on any atom is -0.454 e. The van der Waals surface area contributed by atoms with E-state index in [4.69, 9.17) is 9.47 Å². The van der Waals surface area contributed by atoms with E-state index in [1.54, 1.807) is 7.05 Å². The number of ether oxygens (including phenoxy) is 2. The third kappa shape index (κ3) is 2.14. The van der Waals surface area contributed by atoms with Crippen molar-refractivity contribution in [3.63, 3.8) is 0 Å². The van der Waals surface area contributed by atoms with Gasteiger partial charge in [-0.25, -0.2) is 0 Å². The highest BCUT2D eigenvalue weighted by Crippen LogP contribution is 2.36. The highest BCUT2D eigenvalue weighted by molar-refractivity contribution is 5.49. The summed E-state index contributed by atoms with van der Waals surface area (Å²) in [5.74, 6) is 2.93. The van der Waals surface area contributed by atoms with Crippen molar-refractivity contribution in [2.45, 2.75) is 6.54 Å². The second-order valence-corrected chi connectivity index (χ2v) is 4.25. The summed E-state index contributed by atoms with van der Waals surface area (Å²) < 4.78 is 10.8. The van der Waals surface area contributed by atoms with Crippen molar-refractivity contribution in [2.75, 3.05) is 31.1 Å². The zero-order chi connectivity index (χ0) is 13.2. The first-order chi connectivity index (χ1) is 9.28. The van der Waals surface area contributed by atoms with Crippen LogP contribution >= 0.6 is 0 Å². The number of hydrogen-bond donors (Lipinski definition) is 2. The summed E-state index contributed by atoms with van der Waals surface area (Å²) in [5, 5.41) is 10.9. The summed E-state index contributed by atoms with van der Waals surface area (Å²) in [4.78, 5) is 5.03. The molecule has 1 aromatic heterocycles. The van der Waals surface area contributed by atoms with E-state index in [0.717, 1.165) is 17.1 Å². The summed E-state index contributed by atoms with van der Waals surface area (Å²) in [6.45, 7) is 0.938. The zero-order valence-electron chi connectivity index (χ0n) is 10.8. The SMILES string of the molecule is CNc1nnc(N(C)Cc2cccc3c2OCO3)[nH]1. The Hall–Kier alpha value is -2.44. The zero-order valence-corrected chi connectivity index (χ0v) is 10.8. The van der Waals surface area contributed by atoms with Crippen molar-refractivity contribution in [1.82, 2.24) is 15.2 Å². The average Bonchev–Trinajstić information content (AvgIpc) is 3.08. The molecule has 2 aromatic rings. The van der Waals surface area contributed by atoms with E-state index in [1.165, 1.54) is 0 Å². The molecule has 19 heavy (non-hydrogen) atoms. The van der Waals surface area contributed by atoms with Gasteiger partial charge in [-0.2, -0.15) is 0 Å². The number of aromatic amines is 1. The van der Waals surface area contributed by atoms with Crippen LogP contribution in [0.3, 0.4) is 0 Å². The number of rotatable bonds is 4. The first kappa shape index (κ1) is 11.6. The molecule has 1 aliphatic heterocycles. The van der Waals surface area contributed by atoms with Gasteiger partial charge >= 0.3 is 0 Å². The predicted octanol–water partition coefficient (Wildman–Crippen LogP) is 1.21. The van der Waals surface area contributed by atoms with Crippen LogP contribution in [0.2, 0.25) is 0 Å². The minimum absolute atomic E-state index is 0.280. The highest BCUT2D eigenvalue weighted by atomic mass is 16.7. The average molecular weight is 261 g/mol. The van der Waals surface area contributed by atoms with Gasteiger partial charge in [0.2, 0.25) is 18.7 Å². The van der Waals surface area contributed by atoms with E-state index >= 15 is 0 Å². The van der Waals surface area contributed by atoms with Gasteiger partial charge in [0.1, 0.15) is 0 Å². The molecule has 1 aromatic carbocycles. The molecule has 0 bridgehead atoms. The van der Waals surface area contributed by atoms with Crippen LogP contribution in [0.5, 0.6) is 11.5 Å². The third-order valence-electron chi connectivity index (χ3n) is 2.96. The molecule has 0 unspecified atom stereocenters. The fourth-order valence-electron chi connectivity index (χ4n) is 1.98. The van der Waals surface area contributed by atoms with Gasteiger partial charge in [0.15, 0.2) is 11.5 Å². The Labute approximate surface area is 110 Å². The quantitative estimate of drug-likeness (QED) is 0.861. The smallest absolute Gasteiger partial charge is 0.231 e. The van der Waals surface area contributed by atoms with Crippen LogP contribution in [-0.4, -0.2) is 36.1 Å². The Kier molecular flexibility index (Phi) is 2.86. The van der Waals surface area contributed by atoms with Crippen LogP contribution in [-0.2, 0) is 6.54 Å². The normalized spacial score (nSPS) is 12.5. The molecule has 0 atom stereocenters. The van der Waals surface area contributed by atoms with Crippen LogP contribution in [0.25, 0.3) is 0 Å². The maximum Gasteiger partial charge on any atom is 0.231 e. The van der Waals surface area contributed by atoms with Crippen molar-refractivity contribution in [3.8, 4) is 11.5 Å². The molecule has 2 heterocycles. The highest BCUT2D eigenvalue weighted by Gasteiger charge is 2.18. The lowest BCUT2D eigenvalue weighted by Crippen LogP contribution is -2.18. The van der Waals surface area contributed by atoms with Gasteiger partial charge < -0.3 is 19.7 Å². The van der Waals surface area contributed by atoms with Gasteiger partial charge in [-0.3, -0.25) is 4.98 Å². The number of para-hydroxylation sites is 1. The van der Waals surface area contributed by atoms with Gasteiger partial charge in [-0.15, -0.1) is 10.2 Å². The molecular weight excluding hydrogens is 246 g/mol. The molecule has 1 aliphatic rings. The number of nitrogens with one attached hydrogen (secondary N) is 2. The fourth-order valence-corrected chi connectivity index (χ4v) is 1.98. The van der Waals surface area contributed by atoms with Crippen molar-refractivity contribution >= 4 is 11.9 Å². The van der Waals surface area contributed by atoms with E-state index in [1.807, 2.05) is 30.1 Å². The van der Waals surface area contributed by atoms with Crippen molar-refractivity contribution < 1.29 is 9.47 Å². The molecule has 0 saturated heterocycles. The van der Waals surface area contributed by atoms with Gasteiger partial charge in [0.05, 0.1) is 0 Å². The number of hydrogen-bond acceptors (Lipinski definition) is 6. The van der Waals surface area contributed by atoms with Gasteiger partial charge in [-0.05, 0) is 6.07 Å².